The van der Waals surface area contributed by atoms with Crippen molar-refractivity contribution in [3.8, 4) is 5.75 Å². The van der Waals surface area contributed by atoms with Crippen LogP contribution in [0.25, 0.3) is 10.9 Å². The van der Waals surface area contributed by atoms with E-state index in [0.717, 1.165) is 0 Å². The van der Waals surface area contributed by atoms with Gasteiger partial charge in [-0.2, -0.15) is 0 Å². The third-order valence-corrected chi connectivity index (χ3v) is 3.55. The number of fused-ring (bicyclic) bond motifs is 1. The number of hydrogen-bond donors (Lipinski definition) is 4. The molecule has 0 radical (unpaired) electrons. The molecule has 8 nitrogen and oxygen atoms in total. The monoisotopic (exact) mass is 379 g/mol. The zero-order valence-corrected chi connectivity index (χ0v) is 14.3. The van der Waals surface area contributed by atoms with Gasteiger partial charge < -0.3 is 20.9 Å². The first-order valence-electron chi connectivity index (χ1n) is 7.66. The SMILES string of the molecule is CN(C)Nc1ncnc(N)c1C(=N)c1cc2cc(OC(F)(F)F)ccc2[nH]1. The summed E-state index contributed by atoms with van der Waals surface area (Å²) in [6.07, 6.45) is -3.51. The number of nitrogens with two attached hydrogens (primary N) is 1. The highest BCUT2D eigenvalue weighted by molar-refractivity contribution is 6.16. The minimum absolute atomic E-state index is 0.00746. The Labute approximate surface area is 151 Å². The average Bonchev–Trinajstić information content (AvgIpc) is 2.95. The molecule has 0 saturated heterocycles. The Bertz CT molecular complexity index is 997. The number of halogens is 3. The van der Waals surface area contributed by atoms with Crippen molar-refractivity contribution in [3.05, 3.63) is 41.9 Å². The number of aromatic nitrogens is 3. The van der Waals surface area contributed by atoms with Crippen LogP contribution in [-0.4, -0.2) is 46.1 Å². The molecular formula is C16H16F3N7O. The maximum absolute atomic E-state index is 12.4. The van der Waals surface area contributed by atoms with Crippen molar-refractivity contribution in [2.24, 2.45) is 0 Å². The molecule has 0 bridgehead atoms. The molecular weight excluding hydrogens is 363 g/mol. The Kier molecular flexibility index (Phi) is 4.62. The lowest BCUT2D eigenvalue weighted by molar-refractivity contribution is -0.274. The zero-order valence-electron chi connectivity index (χ0n) is 14.3. The fourth-order valence-corrected chi connectivity index (χ4v) is 2.52. The lowest BCUT2D eigenvalue weighted by Crippen LogP contribution is -2.23. The van der Waals surface area contributed by atoms with Crippen LogP contribution in [0.2, 0.25) is 0 Å². The molecule has 0 aliphatic heterocycles. The molecule has 3 aromatic rings. The predicted octanol–water partition coefficient (Wildman–Crippen LogP) is 2.74. The topological polar surface area (TPSA) is 116 Å². The molecule has 0 saturated carbocycles. The second kappa shape index (κ2) is 6.76. The molecule has 0 fully saturated rings. The molecule has 3 rings (SSSR count). The fraction of sp³-hybridized carbons (Fsp3) is 0.188. The van der Waals surface area contributed by atoms with Crippen LogP contribution in [0.4, 0.5) is 24.8 Å². The Morgan fingerprint density at radius 1 is 1.26 bits per heavy atom. The molecule has 0 unspecified atom stereocenters. The zero-order chi connectivity index (χ0) is 19.8. The Morgan fingerprint density at radius 3 is 2.67 bits per heavy atom. The van der Waals surface area contributed by atoms with Crippen LogP contribution in [0.1, 0.15) is 11.3 Å². The molecule has 0 amide bonds. The van der Waals surface area contributed by atoms with E-state index < -0.39 is 6.36 Å². The molecule has 0 atom stereocenters. The quantitative estimate of drug-likeness (QED) is 0.400. The van der Waals surface area contributed by atoms with Crippen molar-refractivity contribution in [3.63, 3.8) is 0 Å². The number of H-pyrrole nitrogens is 1. The first-order valence-corrected chi connectivity index (χ1v) is 7.66. The standard InChI is InChI=1S/C16H16F3N7O/c1-26(2)25-15-12(14(21)22-7-23-15)13(20)11-6-8-5-9(27-16(17,18)19)3-4-10(8)24-11/h3-7,20,24H,1-2H3,(H3,21,22,23,25). The average molecular weight is 379 g/mol. The largest absolute Gasteiger partial charge is 0.573 e. The van der Waals surface area contributed by atoms with E-state index in [1.54, 1.807) is 19.1 Å². The van der Waals surface area contributed by atoms with Crippen LogP contribution < -0.4 is 15.9 Å². The van der Waals surface area contributed by atoms with Crippen molar-refractivity contribution in [1.29, 1.82) is 5.41 Å². The number of hydrogen-bond acceptors (Lipinski definition) is 7. The van der Waals surface area contributed by atoms with Gasteiger partial charge in [0.2, 0.25) is 0 Å². The van der Waals surface area contributed by atoms with E-state index in [0.29, 0.717) is 22.4 Å². The third kappa shape index (κ3) is 4.08. The summed E-state index contributed by atoms with van der Waals surface area (Å²) >= 11 is 0. The molecule has 5 N–H and O–H groups in total. The number of nitrogens with one attached hydrogen (secondary N) is 3. The first kappa shape index (κ1) is 18.5. The summed E-state index contributed by atoms with van der Waals surface area (Å²) in [5.41, 5.74) is 10.00. The van der Waals surface area contributed by atoms with E-state index in [9.17, 15) is 13.2 Å². The number of hydrazine groups is 1. The number of nitrogen functional groups attached to an aromatic ring is 1. The summed E-state index contributed by atoms with van der Waals surface area (Å²) in [4.78, 5) is 11.0. The Balaban J connectivity index is 1.99. The second-order valence-electron chi connectivity index (χ2n) is 5.84. The number of ether oxygens (including phenoxy) is 1. The summed E-state index contributed by atoms with van der Waals surface area (Å²) in [7, 11) is 3.49. The van der Waals surface area contributed by atoms with Gasteiger partial charge in [0.1, 0.15) is 17.9 Å². The van der Waals surface area contributed by atoms with Gasteiger partial charge in [-0.15, -0.1) is 13.2 Å². The number of rotatable bonds is 5. The van der Waals surface area contributed by atoms with E-state index in [2.05, 4.69) is 25.1 Å². The summed E-state index contributed by atoms with van der Waals surface area (Å²) in [5, 5.41) is 10.5. The van der Waals surface area contributed by atoms with Gasteiger partial charge in [0.05, 0.1) is 17.0 Å². The molecule has 0 aliphatic rings. The van der Waals surface area contributed by atoms with Crippen LogP contribution >= 0.6 is 0 Å². The molecule has 142 valence electrons. The van der Waals surface area contributed by atoms with Crippen LogP contribution in [0.15, 0.2) is 30.6 Å². The van der Waals surface area contributed by atoms with Gasteiger partial charge in [0, 0.05) is 25.0 Å². The van der Waals surface area contributed by atoms with Crippen LogP contribution in [0.5, 0.6) is 5.75 Å². The molecule has 0 spiro atoms. The van der Waals surface area contributed by atoms with Crippen molar-refractivity contribution in [2.45, 2.75) is 6.36 Å². The summed E-state index contributed by atoms with van der Waals surface area (Å²) < 4.78 is 41.1. The highest BCUT2D eigenvalue weighted by atomic mass is 19.4. The maximum atomic E-state index is 12.4. The highest BCUT2D eigenvalue weighted by Crippen LogP contribution is 2.28. The molecule has 2 aromatic heterocycles. The molecule has 11 heteroatoms. The van der Waals surface area contributed by atoms with Gasteiger partial charge in [-0.05, 0) is 24.3 Å². The third-order valence-electron chi connectivity index (χ3n) is 3.55. The van der Waals surface area contributed by atoms with Gasteiger partial charge in [-0.3, -0.25) is 5.41 Å². The predicted molar refractivity (Wildman–Crippen MR) is 94.7 cm³/mol. The van der Waals surface area contributed by atoms with Crippen LogP contribution in [0.3, 0.4) is 0 Å². The summed E-state index contributed by atoms with van der Waals surface area (Å²) in [6.45, 7) is 0. The van der Waals surface area contributed by atoms with Crippen molar-refractivity contribution >= 4 is 28.3 Å². The Hall–Kier alpha value is -3.34. The molecule has 0 aliphatic carbocycles. The minimum Gasteiger partial charge on any atom is -0.406 e. The number of alkyl halides is 3. The number of benzene rings is 1. The molecule has 1 aromatic carbocycles. The first-order chi connectivity index (χ1) is 12.6. The summed E-state index contributed by atoms with van der Waals surface area (Å²) in [5.74, 6) is 0.0842. The number of aromatic amines is 1. The smallest absolute Gasteiger partial charge is 0.406 e. The van der Waals surface area contributed by atoms with E-state index >= 15 is 0 Å². The van der Waals surface area contributed by atoms with E-state index in [1.807, 2.05) is 0 Å². The lowest BCUT2D eigenvalue weighted by atomic mass is 10.1. The van der Waals surface area contributed by atoms with Gasteiger partial charge in [0.25, 0.3) is 0 Å². The normalized spacial score (nSPS) is 11.8. The molecule has 2 heterocycles. The molecule has 27 heavy (non-hydrogen) atoms. The van der Waals surface area contributed by atoms with Gasteiger partial charge in [0.15, 0.2) is 5.82 Å². The summed E-state index contributed by atoms with van der Waals surface area (Å²) in [6, 6.07) is 5.41. The van der Waals surface area contributed by atoms with Crippen molar-refractivity contribution in [2.75, 3.05) is 25.3 Å². The van der Waals surface area contributed by atoms with Crippen LogP contribution in [-0.2, 0) is 0 Å². The maximum Gasteiger partial charge on any atom is 0.573 e. The minimum atomic E-state index is -4.78. The van der Waals surface area contributed by atoms with E-state index in [4.69, 9.17) is 11.1 Å². The Morgan fingerprint density at radius 2 is 2.00 bits per heavy atom. The van der Waals surface area contributed by atoms with Gasteiger partial charge in [-0.1, -0.05) is 0 Å². The van der Waals surface area contributed by atoms with E-state index in [-0.39, 0.29) is 22.8 Å². The number of nitrogens with zero attached hydrogens (tertiary/aromatic N) is 3. The van der Waals surface area contributed by atoms with Crippen LogP contribution in [0, 0.1) is 5.41 Å². The van der Waals surface area contributed by atoms with E-state index in [1.165, 1.54) is 30.6 Å². The number of anilines is 2. The van der Waals surface area contributed by atoms with Gasteiger partial charge in [-0.25, -0.2) is 15.0 Å². The highest BCUT2D eigenvalue weighted by Gasteiger charge is 2.31. The van der Waals surface area contributed by atoms with Crippen molar-refractivity contribution in [1.82, 2.24) is 20.0 Å². The van der Waals surface area contributed by atoms with Crippen molar-refractivity contribution < 1.29 is 17.9 Å². The van der Waals surface area contributed by atoms with Gasteiger partial charge >= 0.3 is 6.36 Å². The lowest BCUT2D eigenvalue weighted by Gasteiger charge is -2.16. The second-order valence-corrected chi connectivity index (χ2v) is 5.84. The fourth-order valence-electron chi connectivity index (χ4n) is 2.52.